The van der Waals surface area contributed by atoms with Crippen molar-refractivity contribution in [3.8, 4) is 78.7 Å². The Hall–Kier alpha value is -6.65. The molecule has 0 atom stereocenters. The minimum absolute atomic E-state index is 0.627. The van der Waals surface area contributed by atoms with Crippen LogP contribution >= 0.6 is 0 Å². The summed E-state index contributed by atoms with van der Waals surface area (Å²) >= 11 is 0. The van der Waals surface area contributed by atoms with Crippen molar-refractivity contribution < 1.29 is 0 Å². The molecule has 1 heterocycles. The van der Waals surface area contributed by atoms with Crippen LogP contribution in [-0.4, -0.2) is 15.0 Å². The van der Waals surface area contributed by atoms with Crippen LogP contribution in [0.2, 0.25) is 0 Å². The highest BCUT2D eigenvalue weighted by Crippen LogP contribution is 2.38. The largest absolute Gasteiger partial charge is 0.398 e. The van der Waals surface area contributed by atoms with Gasteiger partial charge in [-0.1, -0.05) is 170 Å². The van der Waals surface area contributed by atoms with Crippen LogP contribution in [0.15, 0.2) is 182 Å². The molecule has 0 saturated heterocycles. The highest BCUT2D eigenvalue weighted by molar-refractivity contribution is 5.91. The van der Waals surface area contributed by atoms with Crippen molar-refractivity contribution >= 4 is 5.69 Å². The molecule has 0 amide bonds. The number of rotatable bonds is 7. The highest BCUT2D eigenvalue weighted by Gasteiger charge is 2.14. The molecule has 4 heteroatoms. The lowest BCUT2D eigenvalue weighted by atomic mass is 9.91. The van der Waals surface area contributed by atoms with Gasteiger partial charge in [0.15, 0.2) is 17.5 Å². The van der Waals surface area contributed by atoms with Gasteiger partial charge < -0.3 is 5.73 Å². The van der Waals surface area contributed by atoms with E-state index in [1.807, 2.05) is 66.7 Å². The van der Waals surface area contributed by atoms with Crippen molar-refractivity contribution in [2.75, 3.05) is 5.73 Å². The maximum atomic E-state index is 6.80. The normalized spacial score (nSPS) is 10.9. The fourth-order valence-electron chi connectivity index (χ4n) is 6.20. The number of nitrogens with zero attached hydrogens (tertiary/aromatic N) is 3. The molecule has 8 rings (SSSR count). The zero-order valence-electron chi connectivity index (χ0n) is 26.7. The molecule has 232 valence electrons. The molecule has 0 radical (unpaired) electrons. The SMILES string of the molecule is Nc1cc(-c2ccc(-c3nc(-c4ccccc4)nc(-c4ccccc4)n3)cc2)ccc1-c1ccccc1-c1cccc(-c2ccccc2)c1. The standard InChI is InChI=1S/C45H32N4/c46-42-30-37(27-28-41(42)40-22-11-10-21-39(40)38-20-12-19-36(29-38)31-13-4-1-5-14-31)32-23-25-35(26-24-32)45-48-43(33-15-6-2-7-16-33)47-44(49-45)34-17-8-3-9-18-34/h1-30H,46H2. The van der Waals surface area contributed by atoms with Gasteiger partial charge >= 0.3 is 0 Å². The molecule has 0 aliphatic rings. The van der Waals surface area contributed by atoms with Gasteiger partial charge in [-0.15, -0.1) is 0 Å². The molecule has 1 aromatic heterocycles. The molecule has 0 saturated carbocycles. The number of hydrogen-bond acceptors (Lipinski definition) is 4. The maximum Gasteiger partial charge on any atom is 0.164 e. The monoisotopic (exact) mass is 628 g/mol. The molecule has 0 aliphatic heterocycles. The third-order valence-electron chi connectivity index (χ3n) is 8.73. The molecular formula is C45H32N4. The molecule has 49 heavy (non-hydrogen) atoms. The fraction of sp³-hybridized carbons (Fsp3) is 0. The second-order valence-electron chi connectivity index (χ2n) is 11.9. The minimum atomic E-state index is 0.627. The van der Waals surface area contributed by atoms with Gasteiger partial charge in [-0.3, -0.25) is 0 Å². The van der Waals surface area contributed by atoms with Gasteiger partial charge in [-0.25, -0.2) is 15.0 Å². The van der Waals surface area contributed by atoms with E-state index in [0.29, 0.717) is 17.5 Å². The third-order valence-corrected chi connectivity index (χ3v) is 8.73. The van der Waals surface area contributed by atoms with E-state index in [-0.39, 0.29) is 0 Å². The van der Waals surface area contributed by atoms with Crippen molar-refractivity contribution in [1.29, 1.82) is 0 Å². The van der Waals surface area contributed by atoms with Crippen LogP contribution in [0, 0.1) is 0 Å². The van der Waals surface area contributed by atoms with Crippen molar-refractivity contribution in [2.24, 2.45) is 0 Å². The smallest absolute Gasteiger partial charge is 0.164 e. The summed E-state index contributed by atoms with van der Waals surface area (Å²) in [6, 6.07) is 62.3. The molecule has 0 bridgehead atoms. The zero-order chi connectivity index (χ0) is 33.0. The predicted octanol–water partition coefficient (Wildman–Crippen LogP) is 11.1. The second kappa shape index (κ2) is 13.2. The van der Waals surface area contributed by atoms with Gasteiger partial charge in [-0.05, 0) is 51.1 Å². The van der Waals surface area contributed by atoms with E-state index in [4.69, 9.17) is 20.7 Å². The molecular weight excluding hydrogens is 597 g/mol. The molecule has 0 aliphatic carbocycles. The summed E-state index contributed by atoms with van der Waals surface area (Å²) in [5, 5.41) is 0. The van der Waals surface area contributed by atoms with Crippen molar-refractivity contribution in [1.82, 2.24) is 15.0 Å². The van der Waals surface area contributed by atoms with Crippen molar-refractivity contribution in [3.63, 3.8) is 0 Å². The molecule has 0 spiro atoms. The number of anilines is 1. The first kappa shape index (κ1) is 29.7. The number of nitrogen functional groups attached to an aromatic ring is 1. The highest BCUT2D eigenvalue weighted by atomic mass is 15.0. The van der Waals surface area contributed by atoms with Crippen LogP contribution in [0.1, 0.15) is 0 Å². The van der Waals surface area contributed by atoms with Crippen LogP contribution in [0.4, 0.5) is 5.69 Å². The molecule has 4 nitrogen and oxygen atoms in total. The molecule has 7 aromatic carbocycles. The Labute approximate surface area is 286 Å². The zero-order valence-corrected chi connectivity index (χ0v) is 26.7. The predicted molar refractivity (Wildman–Crippen MR) is 202 cm³/mol. The van der Waals surface area contributed by atoms with Crippen LogP contribution < -0.4 is 5.73 Å². The number of hydrogen-bond donors (Lipinski definition) is 1. The van der Waals surface area contributed by atoms with E-state index in [0.717, 1.165) is 55.8 Å². The number of benzene rings is 7. The first-order valence-corrected chi connectivity index (χ1v) is 16.3. The van der Waals surface area contributed by atoms with Gasteiger partial charge in [0.1, 0.15) is 0 Å². The lowest BCUT2D eigenvalue weighted by Gasteiger charge is -2.15. The molecule has 0 fully saturated rings. The van der Waals surface area contributed by atoms with Crippen molar-refractivity contribution in [2.45, 2.75) is 0 Å². The number of nitrogens with two attached hydrogens (primary N) is 1. The van der Waals surface area contributed by atoms with Gasteiger partial charge in [0.25, 0.3) is 0 Å². The maximum absolute atomic E-state index is 6.80. The topological polar surface area (TPSA) is 64.7 Å². The summed E-state index contributed by atoms with van der Waals surface area (Å²) in [6.07, 6.45) is 0. The summed E-state index contributed by atoms with van der Waals surface area (Å²) in [5.74, 6) is 1.91. The second-order valence-corrected chi connectivity index (χ2v) is 11.9. The van der Waals surface area contributed by atoms with E-state index >= 15 is 0 Å². The van der Waals surface area contributed by atoms with Gasteiger partial charge in [0, 0.05) is 27.9 Å². The summed E-state index contributed by atoms with van der Waals surface area (Å²) < 4.78 is 0. The van der Waals surface area contributed by atoms with E-state index < -0.39 is 0 Å². The van der Waals surface area contributed by atoms with E-state index in [1.54, 1.807) is 0 Å². The Balaban J connectivity index is 1.11. The quantitative estimate of drug-likeness (QED) is 0.178. The first-order chi connectivity index (χ1) is 24.2. The summed E-state index contributed by atoms with van der Waals surface area (Å²) in [4.78, 5) is 14.6. The van der Waals surface area contributed by atoms with Crippen molar-refractivity contribution in [3.05, 3.63) is 182 Å². The van der Waals surface area contributed by atoms with Gasteiger partial charge in [0.05, 0.1) is 0 Å². The lowest BCUT2D eigenvalue weighted by Crippen LogP contribution is -2.00. The minimum Gasteiger partial charge on any atom is -0.398 e. The molecule has 8 aromatic rings. The van der Waals surface area contributed by atoms with Gasteiger partial charge in [-0.2, -0.15) is 0 Å². The molecule has 0 unspecified atom stereocenters. The summed E-state index contributed by atoms with van der Waals surface area (Å²) in [7, 11) is 0. The Morgan fingerprint density at radius 2 is 0.653 bits per heavy atom. The van der Waals surface area contributed by atoms with Gasteiger partial charge in [0.2, 0.25) is 0 Å². The average molecular weight is 629 g/mol. The van der Waals surface area contributed by atoms with E-state index in [9.17, 15) is 0 Å². The Morgan fingerprint density at radius 3 is 1.22 bits per heavy atom. The summed E-state index contributed by atoms with van der Waals surface area (Å²) in [6.45, 7) is 0. The van der Waals surface area contributed by atoms with Crippen LogP contribution in [0.5, 0.6) is 0 Å². The number of aromatic nitrogens is 3. The fourth-order valence-corrected chi connectivity index (χ4v) is 6.20. The average Bonchev–Trinajstić information content (AvgIpc) is 3.19. The van der Waals surface area contributed by atoms with Crippen LogP contribution in [0.25, 0.3) is 78.7 Å². The van der Waals surface area contributed by atoms with E-state index in [2.05, 4.69) is 115 Å². The Kier molecular flexibility index (Phi) is 8.02. The molecule has 2 N–H and O–H groups in total. The summed E-state index contributed by atoms with van der Waals surface area (Å²) in [5.41, 5.74) is 19.2. The Morgan fingerprint density at radius 1 is 0.265 bits per heavy atom. The van der Waals surface area contributed by atoms with E-state index in [1.165, 1.54) is 11.1 Å². The third kappa shape index (κ3) is 6.23. The Bertz CT molecular complexity index is 2310. The van der Waals surface area contributed by atoms with Crippen LogP contribution in [0.3, 0.4) is 0 Å². The van der Waals surface area contributed by atoms with Crippen LogP contribution in [-0.2, 0) is 0 Å². The lowest BCUT2D eigenvalue weighted by molar-refractivity contribution is 1.07. The first-order valence-electron chi connectivity index (χ1n) is 16.3.